The Kier molecular flexibility index (Phi) is 5.48. The van der Waals surface area contributed by atoms with Crippen LogP contribution in [0.4, 0.5) is 5.82 Å². The van der Waals surface area contributed by atoms with E-state index in [0.29, 0.717) is 26.7 Å². The van der Waals surface area contributed by atoms with E-state index in [2.05, 4.69) is 22.1 Å². The van der Waals surface area contributed by atoms with Crippen LogP contribution in [-0.2, 0) is 0 Å². The molecule has 0 aliphatic rings. The summed E-state index contributed by atoms with van der Waals surface area (Å²) in [6.07, 6.45) is 0. The van der Waals surface area contributed by atoms with Crippen LogP contribution in [0.2, 0.25) is 10.2 Å². The molecule has 2 aromatic heterocycles. The number of nitrogens with two attached hydrogens (primary N) is 1. The molecule has 0 unspecified atom stereocenters. The largest absolute Gasteiger partial charge is 0.383 e. The molecule has 0 amide bonds. The predicted octanol–water partition coefficient (Wildman–Crippen LogP) is 6.08. The second-order valence-corrected chi connectivity index (χ2v) is 8.09. The Balaban J connectivity index is 2.01. The number of anilines is 1. The molecule has 0 saturated carbocycles. The molecule has 0 spiro atoms. The third kappa shape index (κ3) is 3.65. The molecule has 2 aromatic carbocycles. The molecule has 2 heterocycles. The van der Waals surface area contributed by atoms with E-state index in [1.54, 1.807) is 24.3 Å². The van der Waals surface area contributed by atoms with Gasteiger partial charge < -0.3 is 5.73 Å². The van der Waals surface area contributed by atoms with Crippen LogP contribution in [0.3, 0.4) is 0 Å². The van der Waals surface area contributed by atoms with E-state index >= 15 is 0 Å². The van der Waals surface area contributed by atoms with Gasteiger partial charge in [-0.1, -0.05) is 53.2 Å². The Hall–Kier alpha value is -3.29. The van der Waals surface area contributed by atoms with Crippen LogP contribution in [0.25, 0.3) is 22.0 Å². The van der Waals surface area contributed by atoms with Gasteiger partial charge in [-0.2, -0.15) is 10.5 Å². The van der Waals surface area contributed by atoms with Gasteiger partial charge in [0.05, 0.1) is 11.1 Å². The van der Waals surface area contributed by atoms with Gasteiger partial charge in [-0.15, -0.1) is 0 Å². The Bertz CT molecular complexity index is 1370. The molecule has 4 rings (SSSR count). The van der Waals surface area contributed by atoms with Gasteiger partial charge in [0.15, 0.2) is 0 Å². The maximum absolute atomic E-state index is 9.96. The van der Waals surface area contributed by atoms with Crippen LogP contribution in [0.5, 0.6) is 0 Å². The molecule has 144 valence electrons. The van der Waals surface area contributed by atoms with E-state index < -0.39 is 0 Å². The summed E-state index contributed by atoms with van der Waals surface area (Å²) in [5.41, 5.74) is 7.75. The van der Waals surface area contributed by atoms with Gasteiger partial charge in [0, 0.05) is 26.4 Å². The first-order valence-corrected chi connectivity index (χ1v) is 10.2. The first-order valence-electron chi connectivity index (χ1n) is 8.64. The lowest BCUT2D eigenvalue weighted by molar-refractivity contribution is 1.11. The number of rotatable bonds is 3. The highest BCUT2D eigenvalue weighted by molar-refractivity contribution is 7.99. The molecule has 0 aliphatic heterocycles. The van der Waals surface area contributed by atoms with Gasteiger partial charge in [-0.05, 0) is 36.4 Å². The van der Waals surface area contributed by atoms with Crippen molar-refractivity contribution in [3.63, 3.8) is 0 Å². The van der Waals surface area contributed by atoms with Crippen LogP contribution in [0.1, 0.15) is 11.1 Å². The summed E-state index contributed by atoms with van der Waals surface area (Å²) in [7, 11) is 0. The number of nitrogens with zero attached hydrogens (tertiary/aromatic N) is 4. The van der Waals surface area contributed by atoms with E-state index in [1.165, 1.54) is 11.8 Å². The van der Waals surface area contributed by atoms with Crippen molar-refractivity contribution in [2.45, 2.75) is 9.92 Å². The number of fused-ring (bicyclic) bond motifs is 1. The summed E-state index contributed by atoms with van der Waals surface area (Å²) in [5.74, 6) is 0.0205. The Morgan fingerprint density at radius 1 is 0.900 bits per heavy atom. The van der Waals surface area contributed by atoms with Gasteiger partial charge in [0.2, 0.25) is 0 Å². The monoisotopic (exact) mass is 447 g/mol. The average Bonchev–Trinajstić information content (AvgIpc) is 2.74. The van der Waals surface area contributed by atoms with Gasteiger partial charge in [0.1, 0.15) is 33.7 Å². The minimum absolute atomic E-state index is 0.0205. The minimum Gasteiger partial charge on any atom is -0.383 e. The van der Waals surface area contributed by atoms with Crippen molar-refractivity contribution in [3.05, 3.63) is 75.9 Å². The SMILES string of the molecule is N#Cc1c(N)nc(Sc2ccccc2)c(C#N)c1-c1cc2cc(Cl)ccc2nc1Cl. The molecule has 0 bridgehead atoms. The predicted molar refractivity (Wildman–Crippen MR) is 119 cm³/mol. The Morgan fingerprint density at radius 2 is 1.63 bits per heavy atom. The van der Waals surface area contributed by atoms with Crippen LogP contribution in [-0.4, -0.2) is 9.97 Å². The molecule has 0 saturated heterocycles. The van der Waals surface area contributed by atoms with Crippen LogP contribution in [0, 0.1) is 22.7 Å². The third-order valence-electron chi connectivity index (χ3n) is 4.37. The number of pyridine rings is 2. The Labute approximate surface area is 186 Å². The van der Waals surface area contributed by atoms with Crippen molar-refractivity contribution in [3.8, 4) is 23.3 Å². The summed E-state index contributed by atoms with van der Waals surface area (Å²) < 4.78 is 0. The number of nitriles is 2. The highest BCUT2D eigenvalue weighted by Gasteiger charge is 2.23. The average molecular weight is 448 g/mol. The second kappa shape index (κ2) is 8.22. The van der Waals surface area contributed by atoms with Crippen molar-refractivity contribution in [1.82, 2.24) is 9.97 Å². The zero-order valence-electron chi connectivity index (χ0n) is 15.2. The standard InChI is InChI=1S/C22H11Cl2N5S/c23-13-6-7-18-12(8-13)9-15(20(24)28-18)19-16(10-25)21(27)29-22(17(19)11-26)30-14-4-2-1-3-5-14/h1-9H,(H2,27,29). The zero-order valence-corrected chi connectivity index (χ0v) is 17.6. The van der Waals surface area contributed by atoms with Crippen LogP contribution in [0.15, 0.2) is 64.5 Å². The lowest BCUT2D eigenvalue weighted by Crippen LogP contribution is -2.04. The Morgan fingerprint density at radius 3 is 2.33 bits per heavy atom. The van der Waals surface area contributed by atoms with E-state index in [4.69, 9.17) is 28.9 Å². The normalized spacial score (nSPS) is 10.5. The maximum Gasteiger partial charge on any atom is 0.143 e. The molecule has 4 aromatic rings. The third-order valence-corrected chi connectivity index (χ3v) is 5.89. The maximum atomic E-state index is 9.96. The lowest BCUT2D eigenvalue weighted by atomic mass is 9.97. The van der Waals surface area contributed by atoms with Crippen molar-refractivity contribution in [1.29, 1.82) is 10.5 Å². The topological polar surface area (TPSA) is 99.4 Å². The zero-order chi connectivity index (χ0) is 21.3. The quantitative estimate of drug-likeness (QED) is 0.381. The van der Waals surface area contributed by atoms with E-state index in [0.717, 1.165) is 10.3 Å². The number of hydrogen-bond donors (Lipinski definition) is 1. The van der Waals surface area contributed by atoms with Crippen molar-refractivity contribution in [2.24, 2.45) is 0 Å². The van der Waals surface area contributed by atoms with Crippen LogP contribution < -0.4 is 5.73 Å². The molecular weight excluding hydrogens is 437 g/mol. The summed E-state index contributed by atoms with van der Waals surface area (Å²) in [6, 6.07) is 20.6. The van der Waals surface area contributed by atoms with Crippen molar-refractivity contribution < 1.29 is 0 Å². The summed E-state index contributed by atoms with van der Waals surface area (Å²) in [6.45, 7) is 0. The summed E-state index contributed by atoms with van der Waals surface area (Å²) >= 11 is 13.9. The van der Waals surface area contributed by atoms with E-state index in [1.807, 2.05) is 30.3 Å². The fourth-order valence-electron chi connectivity index (χ4n) is 3.04. The molecular formula is C22H11Cl2N5S. The van der Waals surface area contributed by atoms with Crippen LogP contribution >= 0.6 is 35.0 Å². The molecule has 0 atom stereocenters. The highest BCUT2D eigenvalue weighted by Crippen LogP contribution is 2.41. The number of nitrogen functional groups attached to an aromatic ring is 1. The number of halogens is 2. The first kappa shape index (κ1) is 20.0. The van der Waals surface area contributed by atoms with Gasteiger partial charge in [-0.3, -0.25) is 0 Å². The fraction of sp³-hybridized carbons (Fsp3) is 0. The fourth-order valence-corrected chi connectivity index (χ4v) is 4.37. The number of aromatic nitrogens is 2. The number of benzene rings is 2. The molecule has 30 heavy (non-hydrogen) atoms. The van der Waals surface area contributed by atoms with E-state index in [-0.39, 0.29) is 22.1 Å². The first-order chi connectivity index (χ1) is 14.5. The highest BCUT2D eigenvalue weighted by atomic mass is 35.5. The molecule has 8 heteroatoms. The van der Waals surface area contributed by atoms with Gasteiger partial charge in [-0.25, -0.2) is 9.97 Å². The minimum atomic E-state index is 0.0205. The second-order valence-electron chi connectivity index (χ2n) is 6.23. The van der Waals surface area contributed by atoms with Gasteiger partial charge >= 0.3 is 0 Å². The van der Waals surface area contributed by atoms with Crippen molar-refractivity contribution in [2.75, 3.05) is 5.73 Å². The van der Waals surface area contributed by atoms with E-state index in [9.17, 15) is 10.5 Å². The summed E-state index contributed by atoms with van der Waals surface area (Å²) in [5, 5.41) is 21.5. The smallest absolute Gasteiger partial charge is 0.143 e. The van der Waals surface area contributed by atoms with Gasteiger partial charge in [0.25, 0.3) is 0 Å². The van der Waals surface area contributed by atoms with Crippen molar-refractivity contribution >= 4 is 51.7 Å². The molecule has 0 aliphatic carbocycles. The lowest BCUT2D eigenvalue weighted by Gasteiger charge is -2.14. The molecule has 0 radical (unpaired) electrons. The summed E-state index contributed by atoms with van der Waals surface area (Å²) in [4.78, 5) is 9.60. The molecule has 0 fully saturated rings. The molecule has 5 nitrogen and oxygen atoms in total. The molecule has 2 N–H and O–H groups in total. The number of hydrogen-bond acceptors (Lipinski definition) is 6.